The summed E-state index contributed by atoms with van der Waals surface area (Å²) < 4.78 is 0. The average molecular weight is 401 g/mol. The minimum Gasteiger partial charge on any atom is -0.357 e. The van der Waals surface area contributed by atoms with Gasteiger partial charge >= 0.3 is 0 Å². The Balaban J connectivity index is 2.20. The van der Waals surface area contributed by atoms with E-state index >= 15 is 0 Å². The van der Waals surface area contributed by atoms with Gasteiger partial charge in [-0.15, -0.1) is 0 Å². The number of nitrogens with zero attached hydrogens (tertiary/aromatic N) is 2. The quantitative estimate of drug-likeness (QED) is 0.482. The smallest absolute Gasteiger partial charge is 0.0870 e. The van der Waals surface area contributed by atoms with E-state index in [-0.39, 0.29) is 0 Å². The van der Waals surface area contributed by atoms with E-state index in [1.165, 1.54) is 22.3 Å². The van der Waals surface area contributed by atoms with Gasteiger partial charge < -0.3 is 10.6 Å². The third kappa shape index (κ3) is 5.07. The first-order chi connectivity index (χ1) is 14.1. The van der Waals surface area contributed by atoms with Crippen LogP contribution in [0.5, 0.6) is 0 Å². The lowest BCUT2D eigenvalue weighted by Crippen LogP contribution is -2.03. The fourth-order valence-corrected chi connectivity index (χ4v) is 3.56. The highest BCUT2D eigenvalue weighted by molar-refractivity contribution is 5.99. The summed E-state index contributed by atoms with van der Waals surface area (Å²) in [5.41, 5.74) is 12.7. The van der Waals surface area contributed by atoms with Crippen molar-refractivity contribution in [3.63, 3.8) is 0 Å². The molecule has 0 fully saturated rings. The van der Waals surface area contributed by atoms with Gasteiger partial charge in [-0.05, 0) is 114 Å². The first-order valence-corrected chi connectivity index (χ1v) is 10.4. The summed E-state index contributed by atoms with van der Waals surface area (Å²) in [6, 6.07) is 8.60. The number of allylic oxidation sites excluding steroid dienone is 4. The van der Waals surface area contributed by atoms with Crippen LogP contribution in [0.3, 0.4) is 0 Å². The second-order valence-corrected chi connectivity index (χ2v) is 8.32. The molecule has 1 heterocycles. The SMILES string of the molecule is CC1=CC(C)=Nc2cc(C)c(C)cc2N/C(C)=C\C(C)=Nc2cc(C)c(C)cc2N1. The van der Waals surface area contributed by atoms with Crippen molar-refractivity contribution in [2.45, 2.75) is 55.4 Å². The molecular formula is C26H32N4. The van der Waals surface area contributed by atoms with Crippen LogP contribution in [0.15, 0.2) is 57.8 Å². The third-order valence-corrected chi connectivity index (χ3v) is 5.33. The van der Waals surface area contributed by atoms with E-state index in [0.29, 0.717) is 0 Å². The molecule has 4 heteroatoms. The van der Waals surface area contributed by atoms with E-state index in [9.17, 15) is 0 Å². The van der Waals surface area contributed by atoms with Crippen molar-refractivity contribution in [3.8, 4) is 0 Å². The zero-order chi connectivity index (χ0) is 22.0. The molecule has 1 aliphatic rings. The van der Waals surface area contributed by atoms with Gasteiger partial charge in [-0.2, -0.15) is 0 Å². The number of rotatable bonds is 0. The first-order valence-electron chi connectivity index (χ1n) is 10.4. The zero-order valence-electron chi connectivity index (χ0n) is 19.4. The summed E-state index contributed by atoms with van der Waals surface area (Å²) >= 11 is 0. The molecule has 2 N–H and O–H groups in total. The van der Waals surface area contributed by atoms with Gasteiger partial charge in [-0.25, -0.2) is 0 Å². The van der Waals surface area contributed by atoms with Crippen LogP contribution in [0, 0.1) is 27.7 Å². The van der Waals surface area contributed by atoms with Crippen LogP contribution in [0.1, 0.15) is 49.9 Å². The predicted octanol–water partition coefficient (Wildman–Crippen LogP) is 7.45. The Morgan fingerprint density at radius 3 is 1.20 bits per heavy atom. The fourth-order valence-electron chi connectivity index (χ4n) is 3.56. The highest BCUT2D eigenvalue weighted by Gasteiger charge is 2.09. The van der Waals surface area contributed by atoms with Crippen LogP contribution in [-0.2, 0) is 0 Å². The second kappa shape index (κ2) is 8.70. The van der Waals surface area contributed by atoms with Crippen LogP contribution in [-0.4, -0.2) is 11.4 Å². The topological polar surface area (TPSA) is 48.8 Å². The molecule has 4 nitrogen and oxygen atoms in total. The standard InChI is InChI=1S/C26H32N4/c1-15-9-23-24(10-16(15)2)28-20(6)14-22(8)30-26-12-18(4)17(3)11-25(26)29-21(7)13-19(5)27-23/h9-14,27,30H,1-8H3/b19-13-,22-14?,28-20?,29-21?. The molecule has 0 saturated carbocycles. The highest BCUT2D eigenvalue weighted by atomic mass is 14.9. The van der Waals surface area contributed by atoms with Crippen LogP contribution in [0.4, 0.5) is 22.7 Å². The van der Waals surface area contributed by atoms with Crippen LogP contribution < -0.4 is 10.6 Å². The Labute approximate surface area is 180 Å². The molecule has 1 aliphatic heterocycles. The Kier molecular flexibility index (Phi) is 6.25. The first kappa shape index (κ1) is 21.6. The van der Waals surface area contributed by atoms with Gasteiger partial charge in [-0.3, -0.25) is 9.98 Å². The monoisotopic (exact) mass is 400 g/mol. The van der Waals surface area contributed by atoms with Crippen LogP contribution in [0.2, 0.25) is 0 Å². The van der Waals surface area contributed by atoms with Gasteiger partial charge in [0.05, 0.1) is 22.7 Å². The number of aliphatic imine (C=N–C) groups is 2. The zero-order valence-corrected chi connectivity index (χ0v) is 19.4. The lowest BCUT2D eigenvalue weighted by molar-refractivity contribution is 1.28. The molecule has 0 saturated heterocycles. The molecular weight excluding hydrogens is 368 g/mol. The molecule has 2 aromatic carbocycles. The van der Waals surface area contributed by atoms with Crippen LogP contribution in [0.25, 0.3) is 0 Å². The molecule has 0 atom stereocenters. The van der Waals surface area contributed by atoms with Gasteiger partial charge in [0, 0.05) is 22.8 Å². The van der Waals surface area contributed by atoms with Gasteiger partial charge in [-0.1, -0.05) is 0 Å². The molecule has 0 amide bonds. The van der Waals surface area contributed by atoms with Crippen molar-refractivity contribution in [1.29, 1.82) is 0 Å². The van der Waals surface area contributed by atoms with E-state index in [1.807, 2.05) is 13.8 Å². The number of hydrogen-bond acceptors (Lipinski definition) is 4. The number of hydrogen-bond donors (Lipinski definition) is 2. The van der Waals surface area contributed by atoms with Gasteiger partial charge in [0.1, 0.15) is 0 Å². The van der Waals surface area contributed by atoms with E-state index < -0.39 is 0 Å². The normalized spacial score (nSPS) is 16.4. The number of nitrogens with one attached hydrogen (secondary N) is 2. The molecule has 0 unspecified atom stereocenters. The number of fused-ring (bicyclic) bond motifs is 2. The maximum atomic E-state index is 4.90. The van der Waals surface area contributed by atoms with E-state index in [4.69, 9.17) is 9.98 Å². The van der Waals surface area contributed by atoms with Gasteiger partial charge in [0.2, 0.25) is 0 Å². The van der Waals surface area contributed by atoms with E-state index in [0.717, 1.165) is 45.6 Å². The van der Waals surface area contributed by atoms with Crippen molar-refractivity contribution in [2.75, 3.05) is 10.6 Å². The van der Waals surface area contributed by atoms with Crippen LogP contribution >= 0.6 is 0 Å². The average Bonchev–Trinajstić information content (AvgIpc) is 2.62. The number of benzene rings is 2. The van der Waals surface area contributed by atoms with Crippen molar-refractivity contribution in [3.05, 3.63) is 70.1 Å². The lowest BCUT2D eigenvalue weighted by atomic mass is 10.1. The summed E-state index contributed by atoms with van der Waals surface area (Å²) in [5, 5.41) is 7.05. The summed E-state index contributed by atoms with van der Waals surface area (Å²) in [6.07, 6.45) is 4.14. The van der Waals surface area contributed by atoms with Crippen molar-refractivity contribution < 1.29 is 0 Å². The van der Waals surface area contributed by atoms with Crippen molar-refractivity contribution in [1.82, 2.24) is 0 Å². The third-order valence-electron chi connectivity index (χ3n) is 5.33. The minimum atomic E-state index is 0.936. The Bertz CT molecular complexity index is 1020. The highest BCUT2D eigenvalue weighted by Crippen LogP contribution is 2.32. The molecule has 156 valence electrons. The summed E-state index contributed by atoms with van der Waals surface area (Å²) in [7, 11) is 0. The molecule has 0 radical (unpaired) electrons. The summed E-state index contributed by atoms with van der Waals surface area (Å²) in [5.74, 6) is 0. The fraction of sp³-hybridized carbons (Fsp3) is 0.308. The molecule has 0 aromatic heterocycles. The largest absolute Gasteiger partial charge is 0.357 e. The van der Waals surface area contributed by atoms with E-state index in [1.54, 1.807) is 0 Å². The summed E-state index contributed by atoms with van der Waals surface area (Å²) in [4.78, 5) is 9.80. The van der Waals surface area contributed by atoms with Gasteiger partial charge in [0.25, 0.3) is 0 Å². The molecule has 0 bridgehead atoms. The molecule has 2 aromatic rings. The molecule has 3 rings (SSSR count). The maximum absolute atomic E-state index is 4.90. The van der Waals surface area contributed by atoms with Crippen molar-refractivity contribution in [2.24, 2.45) is 9.98 Å². The second-order valence-electron chi connectivity index (χ2n) is 8.32. The lowest BCUT2D eigenvalue weighted by Gasteiger charge is -2.16. The Hall–Kier alpha value is -3.14. The van der Waals surface area contributed by atoms with E-state index in [2.05, 4.69) is 88.6 Å². The molecule has 0 spiro atoms. The Morgan fingerprint density at radius 1 is 0.500 bits per heavy atom. The van der Waals surface area contributed by atoms with Crippen molar-refractivity contribution >= 4 is 34.2 Å². The minimum absolute atomic E-state index is 0.936. The van der Waals surface area contributed by atoms with Gasteiger partial charge in [0.15, 0.2) is 0 Å². The summed E-state index contributed by atoms with van der Waals surface area (Å²) in [6.45, 7) is 16.7. The number of aryl methyl sites for hydroxylation is 4. The molecule has 0 aliphatic carbocycles. The Morgan fingerprint density at radius 2 is 0.833 bits per heavy atom. The molecule has 30 heavy (non-hydrogen) atoms. The number of anilines is 2. The maximum Gasteiger partial charge on any atom is 0.0870 e. The predicted molar refractivity (Wildman–Crippen MR) is 132 cm³/mol.